The molecule has 2 N–H and O–H groups in total. The number of hydrogen-bond donors (Lipinski definition) is 2. The lowest BCUT2D eigenvalue weighted by molar-refractivity contribution is 0.214. The van der Waals surface area contributed by atoms with Crippen molar-refractivity contribution in [2.75, 3.05) is 40.3 Å². The summed E-state index contributed by atoms with van der Waals surface area (Å²) in [5.41, 5.74) is 2.39. The number of ether oxygens (including phenoxy) is 1. The maximum absolute atomic E-state index is 5.52. The van der Waals surface area contributed by atoms with Crippen molar-refractivity contribution in [3.8, 4) is 5.75 Å². The van der Waals surface area contributed by atoms with Crippen LogP contribution in [0.1, 0.15) is 43.9 Å². The third-order valence-corrected chi connectivity index (χ3v) is 4.78. The number of hydrogen-bond acceptors (Lipinski definition) is 3. The van der Waals surface area contributed by atoms with Crippen LogP contribution in [0, 0.1) is 12.8 Å². The third kappa shape index (κ3) is 5.92. The Morgan fingerprint density at radius 3 is 2.92 bits per heavy atom. The van der Waals surface area contributed by atoms with Crippen LogP contribution in [0.4, 0.5) is 0 Å². The zero-order valence-electron chi connectivity index (χ0n) is 16.4. The van der Waals surface area contributed by atoms with E-state index in [0.717, 1.165) is 36.9 Å². The zero-order valence-corrected chi connectivity index (χ0v) is 16.4. The van der Waals surface area contributed by atoms with Gasteiger partial charge in [0, 0.05) is 25.2 Å². The van der Waals surface area contributed by atoms with E-state index in [1.165, 1.54) is 24.9 Å². The predicted octanol–water partition coefficient (Wildman–Crippen LogP) is 2.96. The lowest BCUT2D eigenvalue weighted by atomic mass is 9.99. The molecule has 5 heteroatoms. The van der Waals surface area contributed by atoms with Gasteiger partial charge in [-0.25, -0.2) is 0 Å². The highest BCUT2D eigenvalue weighted by Gasteiger charge is 2.18. The van der Waals surface area contributed by atoms with E-state index in [-0.39, 0.29) is 6.04 Å². The molecule has 1 fully saturated rings. The Hall–Kier alpha value is -1.75. The molecule has 1 heterocycles. The van der Waals surface area contributed by atoms with Gasteiger partial charge in [0.05, 0.1) is 13.2 Å². The van der Waals surface area contributed by atoms with Gasteiger partial charge in [0.15, 0.2) is 5.96 Å². The normalized spacial score (nSPS) is 20.2. The summed E-state index contributed by atoms with van der Waals surface area (Å²) in [6, 6.07) is 6.41. The molecular formula is C20H34N4O. The molecule has 0 amide bonds. The van der Waals surface area contributed by atoms with Gasteiger partial charge in [-0.05, 0) is 59.2 Å². The first-order valence-electron chi connectivity index (χ1n) is 9.41. The van der Waals surface area contributed by atoms with Crippen LogP contribution in [0.15, 0.2) is 23.2 Å². The average molecular weight is 347 g/mol. The Morgan fingerprint density at radius 1 is 1.44 bits per heavy atom. The Balaban J connectivity index is 2.04. The van der Waals surface area contributed by atoms with Crippen LogP contribution in [0.25, 0.3) is 0 Å². The number of methoxy groups -OCH3 is 1. The minimum Gasteiger partial charge on any atom is -0.496 e. The lowest BCUT2D eigenvalue weighted by Gasteiger charge is -2.29. The van der Waals surface area contributed by atoms with Crippen molar-refractivity contribution in [2.24, 2.45) is 10.9 Å². The van der Waals surface area contributed by atoms with E-state index in [1.807, 2.05) is 6.07 Å². The highest BCUT2D eigenvalue weighted by atomic mass is 16.5. The molecular weight excluding hydrogens is 312 g/mol. The smallest absolute Gasteiger partial charge is 0.191 e. The van der Waals surface area contributed by atoms with Crippen LogP contribution in [0.3, 0.4) is 0 Å². The van der Waals surface area contributed by atoms with Crippen LogP contribution < -0.4 is 15.4 Å². The van der Waals surface area contributed by atoms with E-state index >= 15 is 0 Å². The van der Waals surface area contributed by atoms with Crippen LogP contribution in [-0.2, 0) is 0 Å². The molecule has 0 aliphatic carbocycles. The van der Waals surface area contributed by atoms with Gasteiger partial charge in [0.2, 0.25) is 0 Å². The monoisotopic (exact) mass is 346 g/mol. The number of nitrogens with one attached hydrogen (secondary N) is 2. The van der Waals surface area contributed by atoms with Crippen LogP contribution in [-0.4, -0.2) is 51.2 Å². The molecule has 2 unspecified atom stereocenters. The number of aryl methyl sites for hydroxylation is 1. The number of piperidine rings is 1. The molecule has 1 aliphatic rings. The molecule has 0 spiro atoms. The molecule has 0 bridgehead atoms. The van der Waals surface area contributed by atoms with Gasteiger partial charge in [0.1, 0.15) is 5.75 Å². The number of aliphatic imine (C=N–C) groups is 1. The minimum atomic E-state index is 0.127. The summed E-state index contributed by atoms with van der Waals surface area (Å²) in [7, 11) is 3.92. The van der Waals surface area contributed by atoms with Crippen LogP contribution in [0.5, 0.6) is 5.75 Å². The fraction of sp³-hybridized carbons (Fsp3) is 0.650. The summed E-state index contributed by atoms with van der Waals surface area (Å²) < 4.78 is 5.52. The summed E-state index contributed by atoms with van der Waals surface area (Å²) >= 11 is 0. The Morgan fingerprint density at radius 2 is 2.24 bits per heavy atom. The second kappa shape index (κ2) is 9.66. The second-order valence-electron chi connectivity index (χ2n) is 7.10. The molecule has 1 saturated heterocycles. The second-order valence-corrected chi connectivity index (χ2v) is 7.10. The van der Waals surface area contributed by atoms with E-state index in [2.05, 4.69) is 55.5 Å². The summed E-state index contributed by atoms with van der Waals surface area (Å²) in [6.45, 7) is 10.4. The maximum Gasteiger partial charge on any atom is 0.191 e. The van der Waals surface area contributed by atoms with Crippen molar-refractivity contribution in [3.63, 3.8) is 0 Å². The summed E-state index contributed by atoms with van der Waals surface area (Å²) in [4.78, 5) is 7.25. The first-order chi connectivity index (χ1) is 12.0. The van der Waals surface area contributed by atoms with Crippen LogP contribution >= 0.6 is 0 Å². The quantitative estimate of drug-likeness (QED) is 0.614. The molecule has 2 rings (SSSR count). The first kappa shape index (κ1) is 19.6. The van der Waals surface area contributed by atoms with E-state index < -0.39 is 0 Å². The van der Waals surface area contributed by atoms with E-state index in [4.69, 9.17) is 9.73 Å². The highest BCUT2D eigenvalue weighted by molar-refractivity contribution is 5.80. The molecule has 1 aromatic carbocycles. The van der Waals surface area contributed by atoms with Crippen molar-refractivity contribution in [3.05, 3.63) is 29.3 Å². The van der Waals surface area contributed by atoms with Crippen molar-refractivity contribution >= 4 is 5.96 Å². The number of likely N-dealkylation sites (tertiary alicyclic amines) is 1. The molecule has 5 nitrogen and oxygen atoms in total. The van der Waals surface area contributed by atoms with Crippen molar-refractivity contribution in [1.82, 2.24) is 15.5 Å². The lowest BCUT2D eigenvalue weighted by Crippen LogP contribution is -2.40. The molecule has 2 atom stereocenters. The fourth-order valence-corrected chi connectivity index (χ4v) is 3.44. The number of guanidine groups is 1. The maximum atomic E-state index is 5.52. The molecule has 1 aromatic rings. The van der Waals surface area contributed by atoms with Crippen molar-refractivity contribution in [2.45, 2.75) is 39.7 Å². The van der Waals surface area contributed by atoms with Gasteiger partial charge in [-0.3, -0.25) is 4.99 Å². The number of rotatable bonds is 6. The van der Waals surface area contributed by atoms with Gasteiger partial charge in [-0.2, -0.15) is 0 Å². The zero-order chi connectivity index (χ0) is 18.2. The highest BCUT2D eigenvalue weighted by Crippen LogP contribution is 2.26. The molecule has 0 aromatic heterocycles. The topological polar surface area (TPSA) is 48.9 Å². The molecule has 25 heavy (non-hydrogen) atoms. The summed E-state index contributed by atoms with van der Waals surface area (Å²) in [5.74, 6) is 2.44. The van der Waals surface area contributed by atoms with Crippen molar-refractivity contribution in [1.29, 1.82) is 0 Å². The Labute approximate surface area is 152 Å². The van der Waals surface area contributed by atoms with Gasteiger partial charge >= 0.3 is 0 Å². The summed E-state index contributed by atoms with van der Waals surface area (Å²) in [6.07, 6.45) is 2.55. The van der Waals surface area contributed by atoms with E-state index in [9.17, 15) is 0 Å². The molecule has 0 radical (unpaired) electrons. The Bertz CT molecular complexity index is 573. The molecule has 1 aliphatic heterocycles. The largest absolute Gasteiger partial charge is 0.496 e. The minimum absolute atomic E-state index is 0.127. The first-order valence-corrected chi connectivity index (χ1v) is 9.41. The number of nitrogens with zero attached hydrogens (tertiary/aromatic N) is 2. The van der Waals surface area contributed by atoms with Crippen LogP contribution in [0.2, 0.25) is 0 Å². The van der Waals surface area contributed by atoms with Gasteiger partial charge in [-0.15, -0.1) is 0 Å². The summed E-state index contributed by atoms with van der Waals surface area (Å²) in [5, 5.41) is 6.90. The average Bonchev–Trinajstić information content (AvgIpc) is 2.60. The Kier molecular flexibility index (Phi) is 7.56. The SMILES string of the molecule is CCNC(=NCC1CCCN(C)C1)NC(C)c1cc(C)ccc1OC. The molecule has 140 valence electrons. The van der Waals surface area contributed by atoms with Gasteiger partial charge in [0.25, 0.3) is 0 Å². The fourth-order valence-electron chi connectivity index (χ4n) is 3.44. The van der Waals surface area contributed by atoms with E-state index in [0.29, 0.717) is 5.92 Å². The van der Waals surface area contributed by atoms with E-state index in [1.54, 1.807) is 7.11 Å². The predicted molar refractivity (Wildman–Crippen MR) is 105 cm³/mol. The standard InChI is InChI=1S/C20H34N4O/c1-6-21-20(22-13-17-8-7-11-24(4)14-17)23-16(3)18-12-15(2)9-10-19(18)25-5/h9-10,12,16-17H,6-8,11,13-14H2,1-5H3,(H2,21,22,23). The number of benzene rings is 1. The molecule has 0 saturated carbocycles. The van der Waals surface area contributed by atoms with Gasteiger partial charge in [-0.1, -0.05) is 17.7 Å². The van der Waals surface area contributed by atoms with Gasteiger partial charge < -0.3 is 20.3 Å². The third-order valence-electron chi connectivity index (χ3n) is 4.78. The van der Waals surface area contributed by atoms with Crippen molar-refractivity contribution < 1.29 is 4.74 Å².